The van der Waals surface area contributed by atoms with Gasteiger partial charge in [0.25, 0.3) is 0 Å². The van der Waals surface area contributed by atoms with Crippen molar-refractivity contribution in [2.24, 2.45) is 0 Å². The zero-order valence-corrected chi connectivity index (χ0v) is 24.1. The average molecular weight is 493 g/mol. The molecule has 0 aliphatic carbocycles. The van der Waals surface area contributed by atoms with Gasteiger partial charge in [-0.2, -0.15) is 0 Å². The van der Waals surface area contributed by atoms with Crippen molar-refractivity contribution in [3.63, 3.8) is 0 Å². The average Bonchev–Trinajstić information content (AvgIpc) is 2.61. The Morgan fingerprint density at radius 2 is 1.27 bits per heavy atom. The Balaban J connectivity index is 0. The Bertz CT molecular complexity index is 957. The van der Waals surface area contributed by atoms with Crippen LogP contribution in [0.4, 0.5) is 13.2 Å². The van der Waals surface area contributed by atoms with E-state index < -0.39 is 47.7 Å². The van der Waals surface area contributed by atoms with Gasteiger partial charge in [-0.05, 0) is 29.3 Å². The first-order valence-electron chi connectivity index (χ1n) is 8.27. The Labute approximate surface area is 253 Å². The number of aromatic carboxylic acids is 2. The second-order valence-electron chi connectivity index (χ2n) is 6.16. The number of rotatable bonds is 9. The van der Waals surface area contributed by atoms with Crippen molar-refractivity contribution in [2.75, 3.05) is 6.54 Å². The number of carbonyl (C=O) groups is 3. The fourth-order valence-corrected chi connectivity index (χ4v) is 2.70. The number of ether oxygens (including phenoxy) is 1. The minimum atomic E-state index is -4.85. The smallest absolute Gasteiger partial charge is 0.549 e. The molecule has 0 aliphatic heterocycles. The van der Waals surface area contributed by atoms with Gasteiger partial charge >= 0.3 is 95.0 Å². The summed E-state index contributed by atoms with van der Waals surface area (Å²) in [5.41, 5.74) is -0.519. The number of carbonyl (C=O) groups excluding carboxylic acids is 3. The van der Waals surface area contributed by atoms with Crippen LogP contribution < -0.4 is 109 Å². The standard InChI is InChI=1S/C19H16F3NO7.3Na/c20-19(21,22)30-13-4-1-11(2-5-13)8-23(10-16(24)25)9-12-3-6-14(17(26)27)15(7-12)18(28)29;;;/h1-7H,8-10H2,(H,24,25)(H,26,27)(H,28,29);;;/q;3*+1/p-3. The monoisotopic (exact) mass is 493 g/mol. The third-order valence-electron chi connectivity index (χ3n) is 3.85. The fourth-order valence-electron chi connectivity index (χ4n) is 2.70. The number of alkyl halides is 3. The zero-order chi connectivity index (χ0) is 22.5. The summed E-state index contributed by atoms with van der Waals surface area (Å²) in [5.74, 6) is -5.36. The molecule has 8 nitrogen and oxygen atoms in total. The molecule has 14 heteroatoms. The summed E-state index contributed by atoms with van der Waals surface area (Å²) in [6.45, 7) is -0.741. The number of hydrogen-bond donors (Lipinski definition) is 0. The second-order valence-corrected chi connectivity index (χ2v) is 6.16. The number of benzene rings is 2. The van der Waals surface area contributed by atoms with Crippen LogP contribution in [0.5, 0.6) is 5.75 Å². The molecule has 0 unspecified atom stereocenters. The van der Waals surface area contributed by atoms with Crippen molar-refractivity contribution < 1.29 is 136 Å². The molecule has 0 amide bonds. The van der Waals surface area contributed by atoms with Crippen LogP contribution in [0.15, 0.2) is 42.5 Å². The number of halogens is 3. The quantitative estimate of drug-likeness (QED) is 0.315. The molecule has 0 aromatic heterocycles. The van der Waals surface area contributed by atoms with E-state index in [1.165, 1.54) is 23.1 Å². The molecule has 160 valence electrons. The Kier molecular flexibility index (Phi) is 16.1. The maximum absolute atomic E-state index is 12.2. The van der Waals surface area contributed by atoms with E-state index in [1.807, 2.05) is 0 Å². The maximum Gasteiger partial charge on any atom is 1.00 e. The molecule has 0 bridgehead atoms. The molecule has 0 fully saturated rings. The number of nitrogens with zero attached hydrogens (tertiary/aromatic N) is 1. The van der Waals surface area contributed by atoms with Gasteiger partial charge < -0.3 is 34.4 Å². The Morgan fingerprint density at radius 1 is 0.788 bits per heavy atom. The predicted octanol–water partition coefficient (Wildman–Crippen LogP) is -9.92. The number of carboxylic acid groups (broad SMARTS) is 3. The molecule has 0 atom stereocenters. The molecular formula is C19H13F3NNa3O7. The summed E-state index contributed by atoms with van der Waals surface area (Å²) in [7, 11) is 0. The van der Waals surface area contributed by atoms with Gasteiger partial charge in [-0.25, -0.2) is 0 Å². The molecule has 0 spiro atoms. The van der Waals surface area contributed by atoms with E-state index >= 15 is 0 Å². The molecule has 2 aromatic rings. The maximum atomic E-state index is 12.2. The molecule has 2 rings (SSSR count). The molecule has 0 N–H and O–H groups in total. The number of carboxylic acids is 3. The molecule has 2 aromatic carbocycles. The third kappa shape index (κ3) is 12.1. The minimum absolute atomic E-state index is 0. The van der Waals surface area contributed by atoms with Crippen molar-refractivity contribution in [1.82, 2.24) is 4.90 Å². The Hall–Kier alpha value is -0.600. The van der Waals surface area contributed by atoms with Crippen LogP contribution in [0.3, 0.4) is 0 Å². The number of aliphatic carboxylic acids is 1. The fraction of sp³-hybridized carbons (Fsp3) is 0.211. The van der Waals surface area contributed by atoms with Gasteiger partial charge in [-0.3, -0.25) is 4.90 Å². The van der Waals surface area contributed by atoms with E-state index in [0.717, 1.165) is 24.3 Å². The molecule has 33 heavy (non-hydrogen) atoms. The van der Waals surface area contributed by atoms with Crippen molar-refractivity contribution in [2.45, 2.75) is 19.5 Å². The van der Waals surface area contributed by atoms with Gasteiger partial charge in [0.15, 0.2) is 0 Å². The first kappa shape index (κ1) is 34.6. The molecule has 0 radical (unpaired) electrons. The van der Waals surface area contributed by atoms with Crippen molar-refractivity contribution >= 4 is 17.9 Å². The van der Waals surface area contributed by atoms with Crippen molar-refractivity contribution in [3.8, 4) is 5.75 Å². The van der Waals surface area contributed by atoms with Crippen molar-refractivity contribution in [3.05, 3.63) is 64.7 Å². The van der Waals surface area contributed by atoms with Gasteiger partial charge in [0.2, 0.25) is 0 Å². The summed E-state index contributed by atoms with van der Waals surface area (Å²) in [6.07, 6.45) is -4.85. The van der Waals surface area contributed by atoms with Gasteiger partial charge in [0.1, 0.15) is 5.75 Å². The molecule has 0 aliphatic rings. The first-order valence-corrected chi connectivity index (χ1v) is 8.27. The van der Waals surface area contributed by atoms with Crippen LogP contribution in [0.25, 0.3) is 0 Å². The summed E-state index contributed by atoms with van der Waals surface area (Å²) < 4.78 is 40.4. The first-order chi connectivity index (χ1) is 13.9. The summed E-state index contributed by atoms with van der Waals surface area (Å²) in [4.78, 5) is 34.5. The molecule has 0 saturated carbocycles. The zero-order valence-electron chi connectivity index (χ0n) is 18.1. The summed E-state index contributed by atoms with van der Waals surface area (Å²) in [5, 5.41) is 33.2. The van der Waals surface area contributed by atoms with E-state index in [9.17, 15) is 42.9 Å². The van der Waals surface area contributed by atoms with Crippen LogP contribution >= 0.6 is 0 Å². The van der Waals surface area contributed by atoms with Crippen LogP contribution in [0.1, 0.15) is 31.8 Å². The van der Waals surface area contributed by atoms with Gasteiger partial charge in [-0.15, -0.1) is 13.2 Å². The van der Waals surface area contributed by atoms with E-state index in [2.05, 4.69) is 4.74 Å². The van der Waals surface area contributed by atoms with E-state index in [-0.39, 0.29) is 107 Å². The topological polar surface area (TPSA) is 133 Å². The summed E-state index contributed by atoms with van der Waals surface area (Å²) >= 11 is 0. The van der Waals surface area contributed by atoms with E-state index in [0.29, 0.717) is 5.56 Å². The predicted molar refractivity (Wildman–Crippen MR) is 87.3 cm³/mol. The van der Waals surface area contributed by atoms with Crippen molar-refractivity contribution in [1.29, 1.82) is 0 Å². The largest absolute Gasteiger partial charge is 1.00 e. The van der Waals surface area contributed by atoms with Crippen LogP contribution in [0.2, 0.25) is 0 Å². The number of hydrogen-bond acceptors (Lipinski definition) is 8. The van der Waals surface area contributed by atoms with Gasteiger partial charge in [0.05, 0.1) is 17.9 Å². The second kappa shape index (κ2) is 15.4. The summed E-state index contributed by atoms with van der Waals surface area (Å²) in [6, 6.07) is 8.01. The third-order valence-corrected chi connectivity index (χ3v) is 3.85. The van der Waals surface area contributed by atoms with Crippen LogP contribution in [-0.2, 0) is 17.9 Å². The SMILES string of the molecule is O=C([O-])CN(Cc1ccc(OC(F)(F)F)cc1)Cc1ccc(C(=O)[O-])c(C(=O)[O-])c1.[Na+].[Na+].[Na+]. The van der Waals surface area contributed by atoms with E-state index in [4.69, 9.17) is 0 Å². The Morgan fingerprint density at radius 3 is 1.73 bits per heavy atom. The normalized spacial score (nSPS) is 10.3. The van der Waals surface area contributed by atoms with Crippen LogP contribution in [-0.4, -0.2) is 35.7 Å². The van der Waals surface area contributed by atoms with Crippen LogP contribution in [0, 0.1) is 0 Å². The molecule has 0 saturated heterocycles. The van der Waals surface area contributed by atoms with E-state index in [1.54, 1.807) is 0 Å². The molecular weight excluding hydrogens is 480 g/mol. The van der Waals surface area contributed by atoms with Gasteiger partial charge in [0, 0.05) is 30.8 Å². The van der Waals surface area contributed by atoms with Gasteiger partial charge in [-0.1, -0.05) is 24.3 Å². The minimum Gasteiger partial charge on any atom is -0.549 e. The molecule has 0 heterocycles.